The molecule has 236 valence electrons. The van der Waals surface area contributed by atoms with Crippen LogP contribution in [0.25, 0.3) is 0 Å². The van der Waals surface area contributed by atoms with Crippen molar-refractivity contribution in [2.75, 3.05) is 50.8 Å². The molecule has 1 spiro atoms. The van der Waals surface area contributed by atoms with Crippen molar-refractivity contribution in [3.8, 4) is 0 Å². The molecule has 3 saturated heterocycles. The van der Waals surface area contributed by atoms with Crippen LogP contribution in [0.5, 0.6) is 0 Å². The Morgan fingerprint density at radius 1 is 0.976 bits per heavy atom. The SMILES string of the molecule is CC1(OC=O)CN(c2cc(CN3CC4(CCN(C(=O)OC(C(F)(F)F)C(F)(F)F)CC4)C3)cc(C(F)(F)F)c2)CCO1. The molecule has 1 aromatic carbocycles. The first kappa shape index (κ1) is 32.0. The number of alkyl halides is 9. The molecule has 0 radical (unpaired) electrons. The lowest BCUT2D eigenvalue weighted by molar-refractivity contribution is -0.308. The standard InChI is InChI=1S/C25H28F9N3O5/c1-21(41-15-38)12-37(6-7-40-21)18-9-16(8-17(10-18)23(26,27)28)11-35-13-22(14-35)2-4-36(5-3-22)20(39)42-19(24(29,30)31)25(32,33)34/h8-10,15,19H,2-7,11-14H2,1H3. The van der Waals surface area contributed by atoms with Gasteiger partial charge in [-0.15, -0.1) is 0 Å². The van der Waals surface area contributed by atoms with Gasteiger partial charge < -0.3 is 24.0 Å². The Morgan fingerprint density at radius 2 is 1.60 bits per heavy atom. The molecule has 3 aliphatic heterocycles. The van der Waals surface area contributed by atoms with Crippen LogP contribution in [0.15, 0.2) is 18.2 Å². The van der Waals surface area contributed by atoms with Crippen molar-refractivity contribution in [3.63, 3.8) is 0 Å². The van der Waals surface area contributed by atoms with Crippen molar-refractivity contribution < 1.29 is 63.3 Å². The summed E-state index contributed by atoms with van der Waals surface area (Å²) in [5.41, 5.74) is -0.614. The highest BCUT2D eigenvalue weighted by molar-refractivity contribution is 5.68. The summed E-state index contributed by atoms with van der Waals surface area (Å²) in [5.74, 6) is -1.33. The van der Waals surface area contributed by atoms with Gasteiger partial charge in [-0.25, -0.2) is 4.79 Å². The van der Waals surface area contributed by atoms with Gasteiger partial charge in [-0.2, -0.15) is 39.5 Å². The summed E-state index contributed by atoms with van der Waals surface area (Å²) < 4.78 is 132. The molecule has 1 aromatic rings. The Kier molecular flexibility index (Phi) is 8.59. The van der Waals surface area contributed by atoms with Gasteiger partial charge in [0, 0.05) is 51.9 Å². The van der Waals surface area contributed by atoms with E-state index in [1.165, 1.54) is 6.92 Å². The molecule has 4 rings (SSSR count). The number of halogens is 9. The zero-order valence-corrected chi connectivity index (χ0v) is 22.2. The Labute approximate surface area is 234 Å². The second-order valence-electron chi connectivity index (χ2n) is 11.0. The zero-order chi connectivity index (χ0) is 31.1. The highest BCUT2D eigenvalue weighted by Gasteiger charge is 2.60. The number of hydrogen-bond acceptors (Lipinski definition) is 7. The largest absolute Gasteiger partial charge is 0.434 e. The van der Waals surface area contributed by atoms with Gasteiger partial charge in [0.2, 0.25) is 5.79 Å². The normalized spacial score (nSPS) is 23.6. The van der Waals surface area contributed by atoms with E-state index in [4.69, 9.17) is 9.47 Å². The summed E-state index contributed by atoms with van der Waals surface area (Å²) in [4.78, 5) is 27.2. The van der Waals surface area contributed by atoms with Crippen molar-refractivity contribution in [3.05, 3.63) is 29.3 Å². The van der Waals surface area contributed by atoms with Gasteiger partial charge in [-0.1, -0.05) is 0 Å². The minimum Gasteiger partial charge on any atom is -0.434 e. The quantitative estimate of drug-likeness (QED) is 0.329. The molecule has 1 unspecified atom stereocenters. The van der Waals surface area contributed by atoms with E-state index < -0.39 is 42.1 Å². The van der Waals surface area contributed by atoms with E-state index in [9.17, 15) is 49.1 Å². The number of amides is 1. The molecule has 1 atom stereocenters. The number of ether oxygens (including phenoxy) is 3. The van der Waals surface area contributed by atoms with Crippen LogP contribution < -0.4 is 4.90 Å². The molecule has 0 aromatic heterocycles. The van der Waals surface area contributed by atoms with Crippen molar-refractivity contribution >= 4 is 18.3 Å². The third-order valence-electron chi connectivity index (χ3n) is 7.63. The van der Waals surface area contributed by atoms with Crippen molar-refractivity contribution in [1.82, 2.24) is 9.80 Å². The minimum atomic E-state index is -5.81. The summed E-state index contributed by atoms with van der Waals surface area (Å²) in [7, 11) is 0. The van der Waals surface area contributed by atoms with Crippen LogP contribution in [0, 0.1) is 5.41 Å². The summed E-state index contributed by atoms with van der Waals surface area (Å²) in [6.45, 7) is 2.81. The number of rotatable bonds is 6. The van der Waals surface area contributed by atoms with Gasteiger partial charge in [-0.3, -0.25) is 9.69 Å². The van der Waals surface area contributed by atoms with E-state index in [1.807, 2.05) is 4.90 Å². The summed E-state index contributed by atoms with van der Waals surface area (Å²) in [5, 5.41) is 0. The van der Waals surface area contributed by atoms with Gasteiger partial charge >= 0.3 is 24.6 Å². The summed E-state index contributed by atoms with van der Waals surface area (Å²) >= 11 is 0. The molecule has 0 aliphatic carbocycles. The number of nitrogens with zero attached hydrogens (tertiary/aromatic N) is 3. The molecular formula is C25H28F9N3O5. The van der Waals surface area contributed by atoms with E-state index in [1.54, 1.807) is 11.0 Å². The lowest BCUT2D eigenvalue weighted by Gasteiger charge is -2.54. The lowest BCUT2D eigenvalue weighted by Crippen LogP contribution is -2.60. The highest BCUT2D eigenvalue weighted by Crippen LogP contribution is 2.43. The average molecular weight is 621 g/mol. The molecule has 0 bridgehead atoms. The molecule has 3 aliphatic rings. The second kappa shape index (κ2) is 11.3. The van der Waals surface area contributed by atoms with Crippen molar-refractivity contribution in [2.24, 2.45) is 5.41 Å². The van der Waals surface area contributed by atoms with Crippen LogP contribution in [0.4, 0.5) is 50.0 Å². The highest BCUT2D eigenvalue weighted by atomic mass is 19.4. The molecule has 0 N–H and O–H groups in total. The van der Waals surface area contributed by atoms with E-state index in [0.717, 1.165) is 17.0 Å². The van der Waals surface area contributed by atoms with Crippen LogP contribution in [0.3, 0.4) is 0 Å². The Balaban J connectivity index is 1.37. The number of carbonyl (C=O) groups is 2. The summed E-state index contributed by atoms with van der Waals surface area (Å²) in [6.07, 6.45) is -21.6. The topological polar surface area (TPSA) is 71.6 Å². The van der Waals surface area contributed by atoms with Crippen LogP contribution >= 0.6 is 0 Å². The van der Waals surface area contributed by atoms with Crippen LogP contribution in [-0.2, 0) is 31.7 Å². The maximum atomic E-state index is 13.7. The summed E-state index contributed by atoms with van der Waals surface area (Å²) in [6, 6.07) is 3.64. The lowest BCUT2D eigenvalue weighted by atomic mass is 9.72. The number of carbonyl (C=O) groups excluding carboxylic acids is 2. The first-order valence-electron chi connectivity index (χ1n) is 12.9. The van der Waals surface area contributed by atoms with Gasteiger partial charge in [-0.05, 0) is 42.0 Å². The second-order valence-corrected chi connectivity index (χ2v) is 11.0. The van der Waals surface area contributed by atoms with Gasteiger partial charge in [0.15, 0.2) is 0 Å². The van der Waals surface area contributed by atoms with E-state index in [0.29, 0.717) is 18.7 Å². The van der Waals surface area contributed by atoms with E-state index >= 15 is 0 Å². The first-order chi connectivity index (χ1) is 19.3. The van der Waals surface area contributed by atoms with Crippen LogP contribution in [-0.4, -0.2) is 92.5 Å². The molecule has 1 amide bonds. The number of benzene rings is 1. The van der Waals surface area contributed by atoms with Crippen LogP contribution in [0.1, 0.15) is 30.9 Å². The average Bonchev–Trinajstić information content (AvgIpc) is 2.84. The molecule has 8 nitrogen and oxygen atoms in total. The van der Waals surface area contributed by atoms with Crippen LogP contribution in [0.2, 0.25) is 0 Å². The predicted octanol–water partition coefficient (Wildman–Crippen LogP) is 4.96. The fourth-order valence-corrected chi connectivity index (χ4v) is 5.59. The van der Waals surface area contributed by atoms with Gasteiger partial charge in [0.25, 0.3) is 12.6 Å². The number of anilines is 1. The smallest absolute Gasteiger partial charge is 0.434 e. The Morgan fingerprint density at radius 3 is 2.14 bits per heavy atom. The minimum absolute atomic E-state index is 0.00490. The van der Waals surface area contributed by atoms with Crippen molar-refractivity contribution in [1.29, 1.82) is 0 Å². The molecular weight excluding hydrogens is 593 g/mol. The predicted molar refractivity (Wildman–Crippen MR) is 126 cm³/mol. The Hall–Kier alpha value is -2.95. The number of piperidine rings is 1. The third-order valence-corrected chi connectivity index (χ3v) is 7.63. The monoisotopic (exact) mass is 621 g/mol. The zero-order valence-electron chi connectivity index (χ0n) is 22.2. The van der Waals surface area contributed by atoms with E-state index in [2.05, 4.69) is 4.74 Å². The first-order valence-corrected chi connectivity index (χ1v) is 12.9. The molecule has 3 fully saturated rings. The number of likely N-dealkylation sites (tertiary alicyclic amines) is 2. The fourth-order valence-electron chi connectivity index (χ4n) is 5.59. The fraction of sp³-hybridized carbons (Fsp3) is 0.680. The van der Waals surface area contributed by atoms with Crippen molar-refractivity contribution in [2.45, 2.75) is 56.7 Å². The molecule has 0 saturated carbocycles. The maximum absolute atomic E-state index is 13.7. The number of morpholine rings is 1. The third kappa shape index (κ3) is 7.33. The molecule has 17 heteroatoms. The molecule has 42 heavy (non-hydrogen) atoms. The number of hydrogen-bond donors (Lipinski definition) is 0. The Bertz CT molecular complexity index is 1130. The molecule has 3 heterocycles. The van der Waals surface area contributed by atoms with Gasteiger partial charge in [0.05, 0.1) is 18.7 Å². The van der Waals surface area contributed by atoms with E-state index in [-0.39, 0.29) is 69.7 Å². The maximum Gasteiger partial charge on any atom is 0.434 e. The van der Waals surface area contributed by atoms with Gasteiger partial charge in [0.1, 0.15) is 0 Å².